The Morgan fingerprint density at radius 2 is 0.638 bits per heavy atom. The van der Waals surface area contributed by atoms with Gasteiger partial charge in [-0.1, -0.05) is 296 Å². The highest BCUT2D eigenvalue weighted by molar-refractivity contribution is 5.76. The van der Waals surface area contributed by atoms with E-state index in [1.54, 1.807) is 6.08 Å². The summed E-state index contributed by atoms with van der Waals surface area (Å²) in [5.41, 5.74) is 0. The summed E-state index contributed by atoms with van der Waals surface area (Å²) < 4.78 is 0. The van der Waals surface area contributed by atoms with Crippen LogP contribution in [0.25, 0.3) is 0 Å². The van der Waals surface area contributed by atoms with Gasteiger partial charge in [0.05, 0.1) is 18.8 Å². The van der Waals surface area contributed by atoms with E-state index in [1.807, 2.05) is 6.08 Å². The monoisotopic (exact) mass is 818 g/mol. The van der Waals surface area contributed by atoms with Crippen molar-refractivity contribution in [1.82, 2.24) is 5.32 Å². The van der Waals surface area contributed by atoms with Crippen molar-refractivity contribution < 1.29 is 15.0 Å². The van der Waals surface area contributed by atoms with E-state index in [1.165, 1.54) is 263 Å². The maximum absolute atomic E-state index is 12.4. The molecular formula is C54H107NO3. The van der Waals surface area contributed by atoms with Gasteiger partial charge in [0, 0.05) is 6.42 Å². The standard InChI is InChI=1S/C54H107NO3/c1-3-5-7-9-11-13-15-17-19-21-22-23-24-25-26-27-28-29-30-31-32-33-34-36-38-40-42-44-46-48-50-54(58)55-52(51-56)53(57)49-47-45-43-41-39-37-35-20-18-16-14-12-10-8-6-4-2/h47,49,52-53,56-57H,3-46,48,50-51H2,1-2H3,(H,55,58)/b49-47+. The lowest BCUT2D eigenvalue weighted by molar-refractivity contribution is -0.123. The van der Waals surface area contributed by atoms with E-state index in [9.17, 15) is 15.0 Å². The average molecular weight is 818 g/mol. The first-order valence-corrected chi connectivity index (χ1v) is 26.9. The summed E-state index contributed by atoms with van der Waals surface area (Å²) in [5, 5.41) is 23.1. The van der Waals surface area contributed by atoms with E-state index in [0.717, 1.165) is 25.7 Å². The first-order valence-electron chi connectivity index (χ1n) is 26.9. The summed E-state index contributed by atoms with van der Waals surface area (Å²) in [6, 6.07) is -0.617. The third kappa shape index (κ3) is 46.2. The van der Waals surface area contributed by atoms with Gasteiger partial charge in [-0.25, -0.2) is 0 Å². The number of hydrogen-bond donors (Lipinski definition) is 3. The van der Waals surface area contributed by atoms with Gasteiger partial charge in [0.25, 0.3) is 0 Å². The first-order chi connectivity index (χ1) is 28.7. The number of carbonyl (C=O) groups excluding carboxylic acids is 1. The molecular weight excluding hydrogens is 711 g/mol. The van der Waals surface area contributed by atoms with Gasteiger partial charge in [0.2, 0.25) is 5.91 Å². The Kier molecular flexibility index (Phi) is 49.7. The molecule has 58 heavy (non-hydrogen) atoms. The predicted octanol–water partition coefficient (Wildman–Crippen LogP) is 17.4. The number of unbranched alkanes of at least 4 members (excludes halogenated alkanes) is 43. The number of carbonyl (C=O) groups is 1. The van der Waals surface area contributed by atoms with Crippen LogP contribution < -0.4 is 5.32 Å². The van der Waals surface area contributed by atoms with Crippen molar-refractivity contribution in [1.29, 1.82) is 0 Å². The summed E-state index contributed by atoms with van der Waals surface area (Å²) in [5.74, 6) is -0.0568. The second-order valence-corrected chi connectivity index (χ2v) is 18.7. The van der Waals surface area contributed by atoms with E-state index < -0.39 is 12.1 Å². The van der Waals surface area contributed by atoms with Gasteiger partial charge in [0.1, 0.15) is 0 Å². The molecule has 1 amide bonds. The van der Waals surface area contributed by atoms with Crippen molar-refractivity contribution in [3.8, 4) is 0 Å². The van der Waals surface area contributed by atoms with E-state index in [4.69, 9.17) is 0 Å². The molecule has 0 aliphatic heterocycles. The Bertz CT molecular complexity index is 799. The van der Waals surface area contributed by atoms with Crippen molar-refractivity contribution >= 4 is 5.91 Å². The molecule has 0 aromatic carbocycles. The molecule has 0 heterocycles. The molecule has 0 radical (unpaired) electrons. The van der Waals surface area contributed by atoms with Crippen LogP contribution in [0.15, 0.2) is 12.2 Å². The molecule has 0 aliphatic carbocycles. The summed E-state index contributed by atoms with van der Waals surface area (Å²) in [4.78, 5) is 12.4. The molecule has 0 bridgehead atoms. The van der Waals surface area contributed by atoms with Gasteiger partial charge in [-0.3, -0.25) is 4.79 Å². The van der Waals surface area contributed by atoms with Crippen LogP contribution in [0.3, 0.4) is 0 Å². The Morgan fingerprint density at radius 1 is 0.397 bits per heavy atom. The summed E-state index contributed by atoms with van der Waals surface area (Å²) in [7, 11) is 0. The number of nitrogens with one attached hydrogen (secondary N) is 1. The van der Waals surface area contributed by atoms with Crippen LogP contribution in [-0.2, 0) is 4.79 Å². The molecule has 2 atom stereocenters. The molecule has 0 aliphatic rings. The molecule has 0 fully saturated rings. The molecule has 3 N–H and O–H groups in total. The van der Waals surface area contributed by atoms with E-state index in [-0.39, 0.29) is 12.5 Å². The highest BCUT2D eigenvalue weighted by Gasteiger charge is 2.18. The van der Waals surface area contributed by atoms with Gasteiger partial charge in [-0.05, 0) is 19.3 Å². The molecule has 0 aromatic rings. The molecule has 0 spiro atoms. The number of rotatable bonds is 50. The maximum Gasteiger partial charge on any atom is 0.220 e. The van der Waals surface area contributed by atoms with Gasteiger partial charge in [-0.15, -0.1) is 0 Å². The largest absolute Gasteiger partial charge is 0.394 e. The van der Waals surface area contributed by atoms with Crippen LogP contribution in [0.4, 0.5) is 0 Å². The lowest BCUT2D eigenvalue weighted by Crippen LogP contribution is -2.45. The number of hydrogen-bond acceptors (Lipinski definition) is 3. The second kappa shape index (κ2) is 50.5. The molecule has 346 valence electrons. The zero-order chi connectivity index (χ0) is 42.1. The van der Waals surface area contributed by atoms with Crippen LogP contribution in [0.2, 0.25) is 0 Å². The fourth-order valence-corrected chi connectivity index (χ4v) is 8.65. The fraction of sp³-hybridized carbons (Fsp3) is 0.944. The SMILES string of the molecule is CCCCCCCCCCCCCCCC/C=C/C(O)C(CO)NC(=O)CCCCCCCCCCCCCCCCCCCCCCCCCCCCCCCC. The zero-order valence-corrected chi connectivity index (χ0v) is 39.8. The number of aliphatic hydroxyl groups excluding tert-OH is 2. The summed E-state index contributed by atoms with van der Waals surface area (Å²) in [6.45, 7) is 4.34. The molecule has 0 saturated heterocycles. The highest BCUT2D eigenvalue weighted by atomic mass is 16.3. The first kappa shape index (κ1) is 57.1. The van der Waals surface area contributed by atoms with Crippen molar-refractivity contribution in [2.24, 2.45) is 0 Å². The van der Waals surface area contributed by atoms with E-state index in [0.29, 0.717) is 6.42 Å². The van der Waals surface area contributed by atoms with Gasteiger partial charge < -0.3 is 15.5 Å². The number of allylic oxidation sites excluding steroid dienone is 1. The minimum Gasteiger partial charge on any atom is -0.394 e. The zero-order valence-electron chi connectivity index (χ0n) is 39.8. The van der Waals surface area contributed by atoms with Crippen molar-refractivity contribution in [2.75, 3.05) is 6.61 Å². The lowest BCUT2D eigenvalue weighted by atomic mass is 10.0. The minimum absolute atomic E-state index is 0.0568. The molecule has 2 unspecified atom stereocenters. The predicted molar refractivity (Wildman–Crippen MR) is 258 cm³/mol. The Hall–Kier alpha value is -0.870. The van der Waals surface area contributed by atoms with Crippen LogP contribution in [0.5, 0.6) is 0 Å². The fourth-order valence-electron chi connectivity index (χ4n) is 8.65. The summed E-state index contributed by atoms with van der Waals surface area (Å²) >= 11 is 0. The number of aliphatic hydroxyl groups is 2. The molecule has 0 rings (SSSR count). The van der Waals surface area contributed by atoms with Gasteiger partial charge in [-0.2, -0.15) is 0 Å². The Balaban J connectivity index is 3.41. The topological polar surface area (TPSA) is 69.6 Å². The normalized spacial score (nSPS) is 12.8. The Labute approximate surface area is 365 Å². The van der Waals surface area contributed by atoms with E-state index >= 15 is 0 Å². The molecule has 4 heteroatoms. The highest BCUT2D eigenvalue weighted by Crippen LogP contribution is 2.18. The second-order valence-electron chi connectivity index (χ2n) is 18.7. The molecule has 0 aromatic heterocycles. The Morgan fingerprint density at radius 3 is 0.897 bits per heavy atom. The van der Waals surface area contributed by atoms with Crippen molar-refractivity contribution in [3.63, 3.8) is 0 Å². The van der Waals surface area contributed by atoms with Gasteiger partial charge >= 0.3 is 0 Å². The van der Waals surface area contributed by atoms with Crippen molar-refractivity contribution in [3.05, 3.63) is 12.2 Å². The molecule has 4 nitrogen and oxygen atoms in total. The van der Waals surface area contributed by atoms with Crippen LogP contribution in [0.1, 0.15) is 309 Å². The third-order valence-corrected chi connectivity index (χ3v) is 12.8. The summed E-state index contributed by atoms with van der Waals surface area (Å²) in [6.07, 6.45) is 65.1. The van der Waals surface area contributed by atoms with Gasteiger partial charge in [0.15, 0.2) is 0 Å². The average Bonchev–Trinajstić information content (AvgIpc) is 3.23. The van der Waals surface area contributed by atoms with E-state index in [2.05, 4.69) is 19.2 Å². The minimum atomic E-state index is -0.834. The maximum atomic E-state index is 12.4. The van der Waals surface area contributed by atoms with Crippen LogP contribution >= 0.6 is 0 Å². The smallest absolute Gasteiger partial charge is 0.220 e. The van der Waals surface area contributed by atoms with Crippen molar-refractivity contribution in [2.45, 2.75) is 321 Å². The number of amides is 1. The molecule has 0 saturated carbocycles. The van der Waals surface area contributed by atoms with Crippen LogP contribution in [0, 0.1) is 0 Å². The third-order valence-electron chi connectivity index (χ3n) is 12.8. The lowest BCUT2D eigenvalue weighted by Gasteiger charge is -2.20. The quantitative estimate of drug-likeness (QED) is 0.0423. The van der Waals surface area contributed by atoms with Crippen LogP contribution in [-0.4, -0.2) is 34.9 Å².